The molecule has 1 fully saturated rings. The molecule has 0 aromatic heterocycles. The van der Waals surface area contributed by atoms with E-state index in [1.165, 1.54) is 30.4 Å². The number of likely N-dealkylation sites (N-methyl/N-ethyl adjacent to an activating group) is 1. The van der Waals surface area contributed by atoms with Gasteiger partial charge in [0.05, 0.1) is 6.61 Å². The summed E-state index contributed by atoms with van der Waals surface area (Å²) in [5, 5.41) is 9.44. The number of benzene rings is 1. The van der Waals surface area contributed by atoms with Crippen LogP contribution in [-0.2, 0) is 12.0 Å². The lowest BCUT2D eigenvalue weighted by molar-refractivity contribution is 0.0951. The Labute approximate surface area is 103 Å². The molecule has 0 bridgehead atoms. The van der Waals surface area contributed by atoms with Crippen molar-refractivity contribution in [1.29, 1.82) is 0 Å². The van der Waals surface area contributed by atoms with Crippen LogP contribution in [0.1, 0.15) is 36.0 Å². The van der Waals surface area contributed by atoms with E-state index in [2.05, 4.69) is 37.1 Å². The molecule has 0 amide bonds. The predicted octanol–water partition coefficient (Wildman–Crippen LogP) is 2.22. The molecule has 1 N–H and O–H groups in total. The standard InChI is InChI=1S/C15H21NO/c1-11-4-3-5-14-13(11)7-9-15(14)8-6-12(10-17)16(15)2/h3-5,12,17H,6-10H2,1-2H3. The van der Waals surface area contributed by atoms with Gasteiger partial charge < -0.3 is 5.11 Å². The van der Waals surface area contributed by atoms with E-state index in [0.717, 1.165) is 6.42 Å². The first kappa shape index (κ1) is 11.2. The molecule has 2 aliphatic rings. The van der Waals surface area contributed by atoms with Gasteiger partial charge >= 0.3 is 0 Å². The molecule has 1 aromatic rings. The highest BCUT2D eigenvalue weighted by atomic mass is 16.3. The van der Waals surface area contributed by atoms with E-state index in [1.54, 1.807) is 5.56 Å². The monoisotopic (exact) mass is 231 g/mol. The Balaban J connectivity index is 2.06. The van der Waals surface area contributed by atoms with E-state index in [0.29, 0.717) is 12.6 Å². The van der Waals surface area contributed by atoms with Crippen LogP contribution in [0.3, 0.4) is 0 Å². The third-order valence-electron chi connectivity index (χ3n) is 5.02. The highest BCUT2D eigenvalue weighted by Gasteiger charge is 2.48. The quantitative estimate of drug-likeness (QED) is 0.801. The molecule has 3 rings (SSSR count). The summed E-state index contributed by atoms with van der Waals surface area (Å²) in [6, 6.07) is 7.05. The maximum Gasteiger partial charge on any atom is 0.0587 e. The summed E-state index contributed by atoms with van der Waals surface area (Å²) in [6.45, 7) is 2.51. The van der Waals surface area contributed by atoms with Crippen LogP contribution >= 0.6 is 0 Å². The Morgan fingerprint density at radius 2 is 2.24 bits per heavy atom. The van der Waals surface area contributed by atoms with Crippen molar-refractivity contribution in [2.45, 2.75) is 44.2 Å². The lowest BCUT2D eigenvalue weighted by Gasteiger charge is -2.36. The summed E-state index contributed by atoms with van der Waals surface area (Å²) in [7, 11) is 2.19. The molecule has 92 valence electrons. The Bertz CT molecular complexity index is 443. The number of rotatable bonds is 1. The van der Waals surface area contributed by atoms with E-state index >= 15 is 0 Å². The van der Waals surface area contributed by atoms with E-state index in [4.69, 9.17) is 0 Å². The molecule has 2 unspecified atom stereocenters. The van der Waals surface area contributed by atoms with Crippen LogP contribution in [0.25, 0.3) is 0 Å². The van der Waals surface area contributed by atoms with Crippen molar-refractivity contribution >= 4 is 0 Å². The Morgan fingerprint density at radius 3 is 2.94 bits per heavy atom. The zero-order valence-electron chi connectivity index (χ0n) is 10.7. The van der Waals surface area contributed by atoms with Crippen molar-refractivity contribution in [3.63, 3.8) is 0 Å². The largest absolute Gasteiger partial charge is 0.395 e. The number of fused-ring (bicyclic) bond motifs is 2. The first-order valence-corrected chi connectivity index (χ1v) is 6.62. The molecule has 0 saturated carbocycles. The van der Waals surface area contributed by atoms with Crippen molar-refractivity contribution in [2.75, 3.05) is 13.7 Å². The molecule has 1 heterocycles. The highest BCUT2D eigenvalue weighted by Crippen LogP contribution is 2.50. The van der Waals surface area contributed by atoms with Crippen LogP contribution in [0.15, 0.2) is 18.2 Å². The van der Waals surface area contributed by atoms with Crippen molar-refractivity contribution in [1.82, 2.24) is 4.90 Å². The maximum atomic E-state index is 9.44. The van der Waals surface area contributed by atoms with Gasteiger partial charge in [-0.2, -0.15) is 0 Å². The predicted molar refractivity (Wildman–Crippen MR) is 69.0 cm³/mol. The lowest BCUT2D eigenvalue weighted by atomic mass is 9.88. The van der Waals surface area contributed by atoms with Gasteiger partial charge in [-0.1, -0.05) is 18.2 Å². The van der Waals surface area contributed by atoms with Crippen molar-refractivity contribution in [3.05, 3.63) is 34.9 Å². The molecule has 17 heavy (non-hydrogen) atoms. The van der Waals surface area contributed by atoms with Crippen molar-refractivity contribution in [3.8, 4) is 0 Å². The molecule has 1 spiro atoms. The number of aliphatic hydroxyl groups excluding tert-OH is 1. The first-order chi connectivity index (χ1) is 8.19. The number of hydrogen-bond donors (Lipinski definition) is 1. The van der Waals surface area contributed by atoms with Gasteiger partial charge in [0, 0.05) is 11.6 Å². The van der Waals surface area contributed by atoms with Crippen LogP contribution in [0.2, 0.25) is 0 Å². The molecular weight excluding hydrogens is 210 g/mol. The second-order valence-electron chi connectivity index (χ2n) is 5.62. The smallest absolute Gasteiger partial charge is 0.0587 e. The minimum absolute atomic E-state index is 0.217. The van der Waals surface area contributed by atoms with Gasteiger partial charge in [-0.3, -0.25) is 4.90 Å². The second-order valence-corrected chi connectivity index (χ2v) is 5.62. The summed E-state index contributed by atoms with van der Waals surface area (Å²) in [4.78, 5) is 2.43. The van der Waals surface area contributed by atoms with Crippen LogP contribution in [0.5, 0.6) is 0 Å². The Morgan fingerprint density at radius 1 is 1.41 bits per heavy atom. The van der Waals surface area contributed by atoms with Crippen LogP contribution < -0.4 is 0 Å². The Kier molecular flexibility index (Phi) is 2.53. The minimum Gasteiger partial charge on any atom is -0.395 e. The zero-order chi connectivity index (χ0) is 12.0. The van der Waals surface area contributed by atoms with Gasteiger partial charge in [0.15, 0.2) is 0 Å². The second kappa shape index (κ2) is 3.82. The normalized spacial score (nSPS) is 32.3. The van der Waals surface area contributed by atoms with Crippen molar-refractivity contribution in [2.24, 2.45) is 0 Å². The van der Waals surface area contributed by atoms with E-state index in [-0.39, 0.29) is 5.54 Å². The topological polar surface area (TPSA) is 23.5 Å². The molecular formula is C15H21NO. The van der Waals surface area contributed by atoms with Gasteiger partial charge in [-0.05, 0) is 56.3 Å². The molecule has 2 heteroatoms. The third kappa shape index (κ3) is 1.40. The van der Waals surface area contributed by atoms with E-state index in [1.807, 2.05) is 0 Å². The fourth-order valence-corrected chi connectivity index (χ4v) is 3.90. The number of nitrogens with zero attached hydrogens (tertiary/aromatic N) is 1. The van der Waals surface area contributed by atoms with Gasteiger partial charge in [-0.25, -0.2) is 0 Å². The summed E-state index contributed by atoms with van der Waals surface area (Å²) in [6.07, 6.45) is 4.75. The number of aliphatic hydroxyl groups is 1. The third-order valence-corrected chi connectivity index (χ3v) is 5.02. The van der Waals surface area contributed by atoms with Gasteiger partial charge in [0.2, 0.25) is 0 Å². The molecule has 1 saturated heterocycles. The van der Waals surface area contributed by atoms with Crippen LogP contribution in [0.4, 0.5) is 0 Å². The fraction of sp³-hybridized carbons (Fsp3) is 0.600. The summed E-state index contributed by atoms with van der Waals surface area (Å²) in [5.41, 5.74) is 4.73. The molecule has 2 nitrogen and oxygen atoms in total. The minimum atomic E-state index is 0.217. The highest BCUT2D eigenvalue weighted by molar-refractivity contribution is 5.44. The lowest BCUT2D eigenvalue weighted by Crippen LogP contribution is -2.42. The van der Waals surface area contributed by atoms with E-state index in [9.17, 15) is 5.11 Å². The summed E-state index contributed by atoms with van der Waals surface area (Å²) < 4.78 is 0. The fourth-order valence-electron chi connectivity index (χ4n) is 3.90. The number of aryl methyl sites for hydroxylation is 1. The first-order valence-electron chi connectivity index (χ1n) is 6.62. The SMILES string of the molecule is Cc1cccc2c1CCC21CCC(CO)N1C. The van der Waals surface area contributed by atoms with Crippen LogP contribution in [0, 0.1) is 6.92 Å². The average Bonchev–Trinajstić information content (AvgIpc) is 2.86. The molecule has 0 radical (unpaired) electrons. The number of hydrogen-bond acceptors (Lipinski definition) is 2. The van der Waals surface area contributed by atoms with E-state index < -0.39 is 0 Å². The molecule has 1 aliphatic heterocycles. The van der Waals surface area contributed by atoms with Crippen molar-refractivity contribution < 1.29 is 5.11 Å². The van der Waals surface area contributed by atoms with Gasteiger partial charge in [0.25, 0.3) is 0 Å². The maximum absolute atomic E-state index is 9.44. The summed E-state index contributed by atoms with van der Waals surface area (Å²) >= 11 is 0. The average molecular weight is 231 g/mol. The molecule has 2 atom stereocenters. The van der Waals surface area contributed by atoms with Crippen LogP contribution in [-0.4, -0.2) is 29.7 Å². The van der Waals surface area contributed by atoms with Gasteiger partial charge in [0.1, 0.15) is 0 Å². The Hall–Kier alpha value is -0.860. The zero-order valence-corrected chi connectivity index (χ0v) is 10.7. The summed E-state index contributed by atoms with van der Waals surface area (Å²) in [5.74, 6) is 0. The molecule has 1 aromatic carbocycles. The number of likely N-dealkylation sites (tertiary alicyclic amines) is 1. The molecule has 1 aliphatic carbocycles. The van der Waals surface area contributed by atoms with Gasteiger partial charge in [-0.15, -0.1) is 0 Å².